The summed E-state index contributed by atoms with van der Waals surface area (Å²) >= 11 is 13.3. The van der Waals surface area contributed by atoms with Crippen LogP contribution in [0.2, 0.25) is 10.0 Å². The molecule has 1 aliphatic heterocycles. The number of aromatic nitrogens is 3. The summed E-state index contributed by atoms with van der Waals surface area (Å²) in [5.41, 5.74) is 0.284. The molecule has 42 heavy (non-hydrogen) atoms. The Morgan fingerprint density at radius 3 is 2.38 bits per heavy atom. The van der Waals surface area contributed by atoms with E-state index >= 15 is 0 Å². The molecule has 1 amide bonds. The molecule has 0 saturated carbocycles. The molecular weight excluding hydrogens is 583 g/mol. The third-order valence-electron chi connectivity index (χ3n) is 6.63. The number of nitriles is 1. The minimum atomic E-state index is -0.401. The minimum Gasteiger partial charge on any atom is -0.495 e. The first-order valence-corrected chi connectivity index (χ1v) is 13.9. The van der Waals surface area contributed by atoms with E-state index in [0.29, 0.717) is 41.6 Å². The number of nitrogens with one attached hydrogen (secondary N) is 1. The maximum Gasteiger partial charge on any atom is 0.264 e. The van der Waals surface area contributed by atoms with Gasteiger partial charge in [-0.3, -0.25) is 14.2 Å². The molecule has 222 valence electrons. The summed E-state index contributed by atoms with van der Waals surface area (Å²) in [5.74, 6) is 0.615. The molecule has 4 rings (SSSR count). The van der Waals surface area contributed by atoms with E-state index in [1.807, 2.05) is 26.8 Å². The molecule has 1 aromatic carbocycles. The molecule has 3 aromatic rings. The molecule has 0 atom stereocenters. The standard InChI is InChI=1S/C29H32Cl2N6O5/c1-29(2,3)11-17(12-32)26(38)36-14-18(15-36)42-8-7-37-25-16(13-34-28(33-4)35-25)9-19(27(37)39)22-23(30)20(40-5)10-21(41-6)24(22)31/h9-11,13,18H,7-8,14-15H2,1-6H3,(H,33,34,35)/b17-11+. The number of nitrogens with zero attached hydrogens (tertiary/aromatic N) is 5. The number of methoxy groups -OCH3 is 2. The summed E-state index contributed by atoms with van der Waals surface area (Å²) in [4.78, 5) is 37.0. The smallest absolute Gasteiger partial charge is 0.264 e. The lowest BCUT2D eigenvalue weighted by Crippen LogP contribution is -2.55. The number of anilines is 1. The second-order valence-corrected chi connectivity index (χ2v) is 11.5. The highest BCUT2D eigenvalue weighted by atomic mass is 35.5. The summed E-state index contributed by atoms with van der Waals surface area (Å²) in [6, 6.07) is 5.18. The number of carbonyl (C=O) groups is 1. The van der Waals surface area contributed by atoms with E-state index < -0.39 is 5.56 Å². The Bertz CT molecular complexity index is 1620. The quantitative estimate of drug-likeness (QED) is 0.272. The van der Waals surface area contributed by atoms with Gasteiger partial charge >= 0.3 is 0 Å². The van der Waals surface area contributed by atoms with Gasteiger partial charge in [-0.25, -0.2) is 4.98 Å². The van der Waals surface area contributed by atoms with Gasteiger partial charge in [0.25, 0.3) is 11.5 Å². The minimum absolute atomic E-state index is 0.113. The van der Waals surface area contributed by atoms with Gasteiger partial charge in [0.15, 0.2) is 0 Å². The van der Waals surface area contributed by atoms with Crippen molar-refractivity contribution in [2.75, 3.05) is 46.3 Å². The molecule has 0 spiro atoms. The number of rotatable bonds is 9. The van der Waals surface area contributed by atoms with Gasteiger partial charge in [-0.15, -0.1) is 0 Å². The maximum atomic E-state index is 13.9. The van der Waals surface area contributed by atoms with E-state index in [-0.39, 0.29) is 57.3 Å². The Labute approximate surface area is 253 Å². The molecule has 0 bridgehead atoms. The fraction of sp³-hybridized carbons (Fsp3) is 0.414. The zero-order valence-electron chi connectivity index (χ0n) is 24.2. The van der Waals surface area contributed by atoms with Crippen molar-refractivity contribution < 1.29 is 19.0 Å². The number of pyridine rings is 1. The summed E-state index contributed by atoms with van der Waals surface area (Å²) in [7, 11) is 4.60. The Balaban J connectivity index is 1.62. The summed E-state index contributed by atoms with van der Waals surface area (Å²) in [6.07, 6.45) is 3.04. The molecule has 13 heteroatoms. The van der Waals surface area contributed by atoms with Crippen molar-refractivity contribution in [3.63, 3.8) is 0 Å². The summed E-state index contributed by atoms with van der Waals surface area (Å²) < 4.78 is 18.3. The van der Waals surface area contributed by atoms with Gasteiger partial charge in [-0.2, -0.15) is 10.2 Å². The highest BCUT2D eigenvalue weighted by Gasteiger charge is 2.33. The number of benzene rings is 1. The van der Waals surface area contributed by atoms with Crippen LogP contribution in [0.15, 0.2) is 34.8 Å². The van der Waals surface area contributed by atoms with Gasteiger partial charge < -0.3 is 24.4 Å². The van der Waals surface area contributed by atoms with Crippen molar-refractivity contribution in [2.45, 2.75) is 33.4 Å². The maximum absolute atomic E-state index is 13.9. The van der Waals surface area contributed by atoms with Gasteiger partial charge in [-0.05, 0) is 11.5 Å². The molecule has 1 saturated heterocycles. The molecule has 1 N–H and O–H groups in total. The second kappa shape index (κ2) is 12.6. The first kappa shape index (κ1) is 31.1. The largest absolute Gasteiger partial charge is 0.495 e. The molecule has 1 aliphatic rings. The van der Waals surface area contributed by atoms with Crippen LogP contribution < -0.4 is 20.3 Å². The van der Waals surface area contributed by atoms with Gasteiger partial charge in [0.2, 0.25) is 5.95 Å². The third kappa shape index (κ3) is 6.31. The number of hydrogen-bond donors (Lipinski definition) is 1. The number of amides is 1. The fourth-order valence-corrected chi connectivity index (χ4v) is 5.26. The number of carbonyl (C=O) groups excluding carboxylic acids is 1. The van der Waals surface area contributed by atoms with Crippen molar-refractivity contribution in [3.8, 4) is 28.7 Å². The normalized spacial score (nSPS) is 14.0. The summed E-state index contributed by atoms with van der Waals surface area (Å²) in [5, 5.41) is 13.2. The fourth-order valence-electron chi connectivity index (χ4n) is 4.55. The van der Waals surface area contributed by atoms with Crippen molar-refractivity contribution in [1.82, 2.24) is 19.4 Å². The van der Waals surface area contributed by atoms with Crippen LogP contribution in [0.25, 0.3) is 22.2 Å². The van der Waals surface area contributed by atoms with Crippen molar-refractivity contribution in [3.05, 3.63) is 50.4 Å². The highest BCUT2D eigenvalue weighted by Crippen LogP contribution is 2.45. The molecular formula is C29H32Cl2N6O5. The van der Waals surface area contributed by atoms with Crippen LogP contribution in [0.3, 0.4) is 0 Å². The number of allylic oxidation sites excluding steroid dienone is 1. The lowest BCUT2D eigenvalue weighted by molar-refractivity contribution is -0.140. The number of hydrogen-bond acceptors (Lipinski definition) is 9. The molecule has 1 fully saturated rings. The van der Waals surface area contributed by atoms with Crippen LogP contribution in [0.4, 0.5) is 5.95 Å². The first-order chi connectivity index (χ1) is 19.9. The lowest BCUT2D eigenvalue weighted by atomic mass is 9.93. The molecule has 3 heterocycles. The molecule has 0 aliphatic carbocycles. The molecule has 2 aromatic heterocycles. The SMILES string of the molecule is CNc1ncc2cc(-c3c(Cl)c(OC)cc(OC)c3Cl)c(=O)n(CCOC3CN(C(=O)/C(C#N)=C/C(C)(C)C)C3)c2n1. The van der Waals surface area contributed by atoms with E-state index in [2.05, 4.69) is 15.3 Å². The molecule has 0 radical (unpaired) electrons. The Morgan fingerprint density at radius 1 is 1.19 bits per heavy atom. The Hall–Kier alpha value is -3.85. The van der Waals surface area contributed by atoms with E-state index in [0.717, 1.165) is 0 Å². The van der Waals surface area contributed by atoms with Crippen LogP contribution in [0, 0.1) is 16.7 Å². The second-order valence-electron chi connectivity index (χ2n) is 10.8. The highest BCUT2D eigenvalue weighted by molar-refractivity contribution is 6.41. The average molecular weight is 616 g/mol. The monoisotopic (exact) mass is 614 g/mol. The van der Waals surface area contributed by atoms with Crippen LogP contribution in [-0.2, 0) is 16.1 Å². The van der Waals surface area contributed by atoms with Gasteiger partial charge in [0.1, 0.15) is 28.8 Å². The van der Waals surface area contributed by atoms with E-state index in [4.69, 9.17) is 37.4 Å². The van der Waals surface area contributed by atoms with E-state index in [1.165, 1.54) is 18.8 Å². The number of halogens is 2. The number of ether oxygens (including phenoxy) is 3. The zero-order chi connectivity index (χ0) is 30.8. The lowest BCUT2D eigenvalue weighted by Gasteiger charge is -2.39. The predicted octanol–water partition coefficient (Wildman–Crippen LogP) is 4.55. The number of likely N-dealkylation sites (tertiary alicyclic amines) is 1. The molecule has 0 unspecified atom stereocenters. The third-order valence-corrected chi connectivity index (χ3v) is 7.38. The topological polar surface area (TPSA) is 132 Å². The Kier molecular flexibility index (Phi) is 9.30. The van der Waals surface area contributed by atoms with Crippen molar-refractivity contribution in [2.24, 2.45) is 5.41 Å². The first-order valence-electron chi connectivity index (χ1n) is 13.1. The van der Waals surface area contributed by atoms with Crippen LogP contribution >= 0.6 is 23.2 Å². The van der Waals surface area contributed by atoms with Crippen LogP contribution in [0.5, 0.6) is 11.5 Å². The van der Waals surface area contributed by atoms with Gasteiger partial charge in [0, 0.05) is 43.4 Å². The van der Waals surface area contributed by atoms with Crippen LogP contribution in [0.1, 0.15) is 20.8 Å². The van der Waals surface area contributed by atoms with E-state index in [1.54, 1.807) is 36.4 Å². The van der Waals surface area contributed by atoms with E-state index in [9.17, 15) is 14.9 Å². The Morgan fingerprint density at radius 2 is 1.83 bits per heavy atom. The van der Waals surface area contributed by atoms with Gasteiger partial charge in [0.05, 0.1) is 49.1 Å². The predicted molar refractivity (Wildman–Crippen MR) is 161 cm³/mol. The summed E-state index contributed by atoms with van der Waals surface area (Å²) in [6.45, 7) is 6.79. The van der Waals surface area contributed by atoms with Crippen LogP contribution in [-0.4, -0.2) is 72.4 Å². The van der Waals surface area contributed by atoms with Crippen molar-refractivity contribution >= 4 is 46.1 Å². The van der Waals surface area contributed by atoms with Crippen molar-refractivity contribution in [1.29, 1.82) is 5.26 Å². The van der Waals surface area contributed by atoms with Gasteiger partial charge in [-0.1, -0.05) is 50.0 Å². The number of fused-ring (bicyclic) bond motifs is 1. The zero-order valence-corrected chi connectivity index (χ0v) is 25.8. The average Bonchev–Trinajstić information content (AvgIpc) is 2.93. The molecule has 11 nitrogen and oxygen atoms in total.